The first kappa shape index (κ1) is 7.09. The van der Waals surface area contributed by atoms with Crippen LogP contribution in [-0.4, -0.2) is 4.86 Å². The summed E-state index contributed by atoms with van der Waals surface area (Å²) < 4.78 is 0. The molecule has 0 bridgehead atoms. The molecule has 0 saturated carbocycles. The first-order chi connectivity index (χ1) is 3.31. The summed E-state index contributed by atoms with van der Waals surface area (Å²) >= 11 is 4.91. The minimum absolute atomic E-state index is 0.951. The van der Waals surface area contributed by atoms with E-state index in [0.29, 0.717) is 0 Å². The Morgan fingerprint density at radius 2 is 2.29 bits per heavy atom. The maximum Gasteiger partial charge on any atom is -0.00742 e. The van der Waals surface area contributed by atoms with Crippen LogP contribution in [0.15, 0.2) is 0 Å². The van der Waals surface area contributed by atoms with Crippen molar-refractivity contribution >= 4 is 17.1 Å². The van der Waals surface area contributed by atoms with E-state index in [2.05, 4.69) is 13.8 Å². The van der Waals surface area contributed by atoms with Gasteiger partial charge in [0.05, 0.1) is 0 Å². The van der Waals surface area contributed by atoms with Gasteiger partial charge in [-0.2, -0.15) is 0 Å². The van der Waals surface area contributed by atoms with Crippen molar-refractivity contribution in [3.8, 4) is 0 Å². The Morgan fingerprint density at radius 3 is 2.43 bits per heavy atom. The molecular formula is C6H11S. The molecule has 0 spiro atoms. The molecule has 0 nitrogen and oxygen atoms in total. The smallest absolute Gasteiger partial charge is 0.00742 e. The average Bonchev–Trinajstić information content (AvgIpc) is 1.68. The number of hydrogen-bond acceptors (Lipinski definition) is 1. The molecule has 0 rings (SSSR count). The highest BCUT2D eigenvalue weighted by Crippen LogP contribution is 1.94. The Morgan fingerprint density at radius 1 is 1.71 bits per heavy atom. The van der Waals surface area contributed by atoms with Gasteiger partial charge in [0.25, 0.3) is 0 Å². The summed E-state index contributed by atoms with van der Waals surface area (Å²) in [5.74, 6) is 0. The van der Waals surface area contributed by atoms with Crippen molar-refractivity contribution in [1.29, 1.82) is 0 Å². The molecule has 0 aromatic heterocycles. The molecule has 0 aromatic carbocycles. The zero-order valence-electron chi connectivity index (χ0n) is 4.74. The van der Waals surface area contributed by atoms with E-state index in [4.69, 9.17) is 12.2 Å². The largest absolute Gasteiger partial charge is 0.0897 e. The molecule has 0 amide bonds. The monoisotopic (exact) mass is 115 g/mol. The lowest BCUT2D eigenvalue weighted by Crippen LogP contribution is -1.87. The normalized spacial score (nSPS) is 8.86. The van der Waals surface area contributed by atoms with Gasteiger partial charge in [-0.3, -0.25) is 0 Å². The second-order valence-electron chi connectivity index (χ2n) is 1.50. The lowest BCUT2D eigenvalue weighted by Gasteiger charge is -1.91. The quantitative estimate of drug-likeness (QED) is 0.509. The van der Waals surface area contributed by atoms with Gasteiger partial charge in [0, 0.05) is 0 Å². The van der Waals surface area contributed by atoms with Crippen molar-refractivity contribution in [2.75, 3.05) is 0 Å². The predicted molar refractivity (Wildman–Crippen MR) is 37.5 cm³/mol. The van der Waals surface area contributed by atoms with Gasteiger partial charge < -0.3 is 0 Å². The molecule has 1 radical (unpaired) electrons. The minimum Gasteiger partial charge on any atom is -0.0897 e. The van der Waals surface area contributed by atoms with E-state index >= 15 is 0 Å². The van der Waals surface area contributed by atoms with Gasteiger partial charge >= 0.3 is 0 Å². The van der Waals surface area contributed by atoms with Crippen LogP contribution >= 0.6 is 12.2 Å². The Labute approximate surface area is 50.9 Å². The van der Waals surface area contributed by atoms with Crippen molar-refractivity contribution in [3.05, 3.63) is 6.92 Å². The highest BCUT2D eigenvalue weighted by Gasteiger charge is 1.86. The number of rotatable bonds is 3. The van der Waals surface area contributed by atoms with Gasteiger partial charge in [0.15, 0.2) is 0 Å². The van der Waals surface area contributed by atoms with Crippen LogP contribution in [0.4, 0.5) is 0 Å². The van der Waals surface area contributed by atoms with E-state index in [0.717, 1.165) is 24.1 Å². The van der Waals surface area contributed by atoms with Crippen LogP contribution in [0.2, 0.25) is 0 Å². The van der Waals surface area contributed by atoms with Gasteiger partial charge in [-0.05, 0) is 24.1 Å². The number of thiocarbonyl (C=S) groups is 1. The lowest BCUT2D eigenvalue weighted by atomic mass is 10.2. The molecule has 0 aliphatic heterocycles. The van der Waals surface area contributed by atoms with Gasteiger partial charge in [-0.25, -0.2) is 0 Å². The van der Waals surface area contributed by atoms with Crippen LogP contribution in [0.5, 0.6) is 0 Å². The SMILES string of the molecule is [CH2]CCC(=S)CC. The van der Waals surface area contributed by atoms with Gasteiger partial charge in [0.2, 0.25) is 0 Å². The summed E-state index contributed by atoms with van der Waals surface area (Å²) in [7, 11) is 0. The summed E-state index contributed by atoms with van der Waals surface area (Å²) in [6.07, 6.45) is 3.00. The van der Waals surface area contributed by atoms with E-state index in [1.807, 2.05) is 0 Å². The topological polar surface area (TPSA) is 0 Å². The third-order valence-electron chi connectivity index (χ3n) is 0.850. The van der Waals surface area contributed by atoms with E-state index < -0.39 is 0 Å². The minimum atomic E-state index is 0.951. The maximum absolute atomic E-state index is 4.91. The summed E-state index contributed by atoms with van der Waals surface area (Å²) in [6.45, 7) is 5.77. The average molecular weight is 115 g/mol. The van der Waals surface area contributed by atoms with Gasteiger partial charge in [0.1, 0.15) is 0 Å². The van der Waals surface area contributed by atoms with Crippen molar-refractivity contribution in [3.63, 3.8) is 0 Å². The molecule has 7 heavy (non-hydrogen) atoms. The molecule has 0 N–H and O–H groups in total. The first-order valence-electron chi connectivity index (χ1n) is 2.62. The second kappa shape index (κ2) is 4.25. The zero-order chi connectivity index (χ0) is 5.70. The molecule has 0 atom stereocenters. The van der Waals surface area contributed by atoms with Crippen LogP contribution in [0, 0.1) is 6.92 Å². The molecule has 0 aliphatic carbocycles. The predicted octanol–water partition coefficient (Wildman–Crippen LogP) is 2.38. The highest BCUT2D eigenvalue weighted by atomic mass is 32.1. The molecular weight excluding hydrogens is 104 g/mol. The Hall–Kier alpha value is 0.0900. The van der Waals surface area contributed by atoms with Gasteiger partial charge in [-0.15, -0.1) is 0 Å². The van der Waals surface area contributed by atoms with Crippen LogP contribution < -0.4 is 0 Å². The fourth-order valence-corrected chi connectivity index (χ4v) is 0.518. The molecule has 41 valence electrons. The third kappa shape index (κ3) is 3.93. The molecule has 1 heteroatoms. The van der Waals surface area contributed by atoms with Crippen LogP contribution in [0.3, 0.4) is 0 Å². The molecule has 0 aliphatic rings. The molecule has 0 fully saturated rings. The van der Waals surface area contributed by atoms with Gasteiger partial charge in [-0.1, -0.05) is 26.1 Å². The Kier molecular flexibility index (Phi) is 4.31. The standard InChI is InChI=1S/C6H11S/c1-3-5-6(7)4-2/h1,3-5H2,2H3. The summed E-state index contributed by atoms with van der Waals surface area (Å²) in [6, 6.07) is 0. The summed E-state index contributed by atoms with van der Waals surface area (Å²) in [4.78, 5) is 1.15. The van der Waals surface area contributed by atoms with E-state index in [1.165, 1.54) is 0 Å². The fraction of sp³-hybridized carbons (Fsp3) is 0.667. The fourth-order valence-electron chi connectivity index (χ4n) is 0.374. The van der Waals surface area contributed by atoms with Crippen molar-refractivity contribution in [2.45, 2.75) is 26.2 Å². The zero-order valence-corrected chi connectivity index (χ0v) is 5.55. The van der Waals surface area contributed by atoms with Crippen LogP contribution in [0.25, 0.3) is 0 Å². The molecule has 0 heterocycles. The maximum atomic E-state index is 4.91. The lowest BCUT2D eigenvalue weighted by molar-refractivity contribution is 1.07. The molecule has 0 aromatic rings. The summed E-state index contributed by atoms with van der Waals surface area (Å²) in [5.41, 5.74) is 0. The van der Waals surface area contributed by atoms with E-state index in [1.54, 1.807) is 0 Å². The van der Waals surface area contributed by atoms with Crippen molar-refractivity contribution in [1.82, 2.24) is 0 Å². The highest BCUT2D eigenvalue weighted by molar-refractivity contribution is 7.80. The van der Waals surface area contributed by atoms with E-state index in [-0.39, 0.29) is 0 Å². The molecule has 0 saturated heterocycles. The van der Waals surface area contributed by atoms with Crippen LogP contribution in [0.1, 0.15) is 26.2 Å². The van der Waals surface area contributed by atoms with Crippen molar-refractivity contribution in [2.24, 2.45) is 0 Å². The van der Waals surface area contributed by atoms with Crippen LogP contribution in [-0.2, 0) is 0 Å². The third-order valence-corrected chi connectivity index (χ3v) is 1.34. The summed E-state index contributed by atoms with van der Waals surface area (Å²) in [5, 5.41) is 0. The first-order valence-corrected chi connectivity index (χ1v) is 3.03. The van der Waals surface area contributed by atoms with Crippen molar-refractivity contribution < 1.29 is 0 Å². The van der Waals surface area contributed by atoms with E-state index in [9.17, 15) is 0 Å². The Bertz CT molecular complexity index is 57.2. The Balaban J connectivity index is 3.00. The number of hydrogen-bond donors (Lipinski definition) is 0. The second-order valence-corrected chi connectivity index (χ2v) is 2.07. The molecule has 0 unspecified atom stereocenters.